The Bertz CT molecular complexity index is 950. The van der Waals surface area contributed by atoms with Gasteiger partial charge in [0.2, 0.25) is 10.0 Å². The van der Waals surface area contributed by atoms with Crippen LogP contribution in [0, 0.1) is 13.8 Å². The fourth-order valence-corrected chi connectivity index (χ4v) is 2.85. The lowest BCUT2D eigenvalue weighted by atomic mass is 10.1. The Morgan fingerprint density at radius 2 is 1.83 bits per heavy atom. The molecule has 1 heterocycles. The number of halogens is 1. The number of rotatable bonds is 4. The highest BCUT2D eigenvalue weighted by Crippen LogP contribution is 2.19. The molecule has 128 valence electrons. The average Bonchev–Trinajstić information content (AvgIpc) is 2.50. The first-order chi connectivity index (χ1) is 11.1. The van der Waals surface area contributed by atoms with Gasteiger partial charge in [-0.25, -0.2) is 13.6 Å². The van der Waals surface area contributed by atoms with Crippen LogP contribution in [0.15, 0.2) is 34.0 Å². The van der Waals surface area contributed by atoms with Crippen molar-refractivity contribution in [2.24, 2.45) is 5.14 Å². The van der Waals surface area contributed by atoms with Crippen molar-refractivity contribution in [3.63, 3.8) is 0 Å². The summed E-state index contributed by atoms with van der Waals surface area (Å²) in [4.78, 5) is 26.7. The first kappa shape index (κ1) is 18.2. The van der Waals surface area contributed by atoms with Crippen LogP contribution in [0.4, 0.5) is 0 Å². The van der Waals surface area contributed by atoms with Gasteiger partial charge >= 0.3 is 0 Å². The van der Waals surface area contributed by atoms with Gasteiger partial charge in [0.25, 0.3) is 11.5 Å². The highest BCUT2D eigenvalue weighted by atomic mass is 35.5. The van der Waals surface area contributed by atoms with E-state index < -0.39 is 21.5 Å². The molecule has 0 atom stereocenters. The van der Waals surface area contributed by atoms with Gasteiger partial charge in [-0.05, 0) is 37.1 Å². The molecule has 0 fully saturated rings. The Hall–Kier alpha value is -2.16. The van der Waals surface area contributed by atoms with Gasteiger partial charge in [-0.3, -0.25) is 9.59 Å². The second-order valence-electron chi connectivity index (χ2n) is 5.26. The second kappa shape index (κ2) is 6.76. The topological polar surface area (TPSA) is 122 Å². The summed E-state index contributed by atoms with van der Waals surface area (Å²) >= 11 is 6.06. The summed E-state index contributed by atoms with van der Waals surface area (Å²) < 4.78 is 22.4. The SMILES string of the molecule is Cc1[nH]c(=O)c(C(=O)NCc2ccc(S(N)(=O)=O)cc2)c(C)c1Cl. The molecule has 0 saturated carbocycles. The van der Waals surface area contributed by atoms with E-state index in [-0.39, 0.29) is 17.0 Å². The van der Waals surface area contributed by atoms with E-state index in [1.807, 2.05) is 0 Å². The van der Waals surface area contributed by atoms with E-state index in [0.717, 1.165) is 0 Å². The molecule has 24 heavy (non-hydrogen) atoms. The molecule has 1 aromatic heterocycles. The van der Waals surface area contributed by atoms with Gasteiger partial charge in [-0.2, -0.15) is 0 Å². The Morgan fingerprint density at radius 3 is 2.38 bits per heavy atom. The van der Waals surface area contributed by atoms with Crippen molar-refractivity contribution in [1.82, 2.24) is 10.3 Å². The zero-order valence-electron chi connectivity index (χ0n) is 13.0. The minimum absolute atomic E-state index is 0.0184. The lowest BCUT2D eigenvalue weighted by Crippen LogP contribution is -2.31. The van der Waals surface area contributed by atoms with Crippen LogP contribution in [-0.2, 0) is 16.6 Å². The maximum atomic E-state index is 12.2. The number of H-pyrrole nitrogens is 1. The van der Waals surface area contributed by atoms with Gasteiger partial charge in [-0.1, -0.05) is 23.7 Å². The highest BCUT2D eigenvalue weighted by Gasteiger charge is 2.17. The maximum Gasteiger partial charge on any atom is 0.261 e. The number of pyridine rings is 1. The van der Waals surface area contributed by atoms with Crippen molar-refractivity contribution in [1.29, 1.82) is 0 Å². The summed E-state index contributed by atoms with van der Waals surface area (Å²) in [6.07, 6.45) is 0. The van der Waals surface area contributed by atoms with E-state index in [1.54, 1.807) is 13.8 Å². The number of aryl methyl sites for hydroxylation is 1. The number of hydrogen-bond acceptors (Lipinski definition) is 4. The molecule has 1 aromatic carbocycles. The predicted octanol–water partition coefficient (Wildman–Crippen LogP) is 1.22. The van der Waals surface area contributed by atoms with Crippen molar-refractivity contribution in [2.45, 2.75) is 25.3 Å². The number of carbonyl (C=O) groups is 1. The summed E-state index contributed by atoms with van der Waals surface area (Å²) in [7, 11) is -3.76. The molecule has 0 unspecified atom stereocenters. The number of nitrogens with two attached hydrogens (primary N) is 1. The van der Waals surface area contributed by atoms with Gasteiger partial charge in [0.05, 0.1) is 9.92 Å². The zero-order chi connectivity index (χ0) is 18.1. The highest BCUT2D eigenvalue weighted by molar-refractivity contribution is 7.89. The third kappa shape index (κ3) is 3.84. The van der Waals surface area contributed by atoms with Gasteiger partial charge in [0.15, 0.2) is 0 Å². The van der Waals surface area contributed by atoms with E-state index in [2.05, 4.69) is 10.3 Å². The predicted molar refractivity (Wildman–Crippen MR) is 90.5 cm³/mol. The van der Waals surface area contributed by atoms with Crippen molar-refractivity contribution < 1.29 is 13.2 Å². The lowest BCUT2D eigenvalue weighted by Gasteiger charge is -2.10. The van der Waals surface area contributed by atoms with Crippen LogP contribution in [0.1, 0.15) is 27.2 Å². The van der Waals surface area contributed by atoms with Crippen molar-refractivity contribution >= 4 is 27.5 Å². The van der Waals surface area contributed by atoms with Crippen LogP contribution in [0.5, 0.6) is 0 Å². The average molecular weight is 370 g/mol. The van der Waals surface area contributed by atoms with Gasteiger partial charge in [0, 0.05) is 12.2 Å². The second-order valence-corrected chi connectivity index (χ2v) is 7.20. The van der Waals surface area contributed by atoms with E-state index in [9.17, 15) is 18.0 Å². The lowest BCUT2D eigenvalue weighted by molar-refractivity contribution is 0.0948. The van der Waals surface area contributed by atoms with Crippen LogP contribution in [-0.4, -0.2) is 19.3 Å². The molecular weight excluding hydrogens is 354 g/mol. The summed E-state index contributed by atoms with van der Waals surface area (Å²) in [5.74, 6) is -0.564. The standard InChI is InChI=1S/C15H16ClN3O4S/c1-8-12(15(21)19-9(2)13(8)16)14(20)18-7-10-3-5-11(6-4-10)24(17,22)23/h3-6H,7H2,1-2H3,(H,18,20)(H,19,21)(H2,17,22,23). The number of benzene rings is 1. The third-order valence-corrected chi connectivity index (χ3v) is 4.99. The normalized spacial score (nSPS) is 11.3. The molecule has 0 saturated heterocycles. The summed E-state index contributed by atoms with van der Waals surface area (Å²) in [6.45, 7) is 3.36. The largest absolute Gasteiger partial charge is 0.348 e. The monoisotopic (exact) mass is 369 g/mol. The van der Waals surface area contributed by atoms with Crippen LogP contribution in [0.3, 0.4) is 0 Å². The van der Waals surface area contributed by atoms with Gasteiger partial charge in [0.1, 0.15) is 5.56 Å². The molecular formula is C15H16ClN3O4S. The first-order valence-electron chi connectivity index (χ1n) is 6.90. The molecule has 2 rings (SSSR count). The van der Waals surface area contributed by atoms with E-state index in [4.69, 9.17) is 16.7 Å². The summed E-state index contributed by atoms with van der Waals surface area (Å²) in [5, 5.41) is 7.95. The number of primary sulfonamides is 1. The Balaban J connectivity index is 2.17. The molecule has 0 aliphatic carbocycles. The molecule has 0 spiro atoms. The van der Waals surface area contributed by atoms with Gasteiger partial charge < -0.3 is 10.3 Å². The Morgan fingerprint density at radius 1 is 1.25 bits per heavy atom. The molecule has 0 radical (unpaired) electrons. The third-order valence-electron chi connectivity index (χ3n) is 3.49. The molecule has 9 heteroatoms. The number of aromatic amines is 1. The Kier molecular flexibility index (Phi) is 5.12. The smallest absolute Gasteiger partial charge is 0.261 e. The number of hydrogen-bond donors (Lipinski definition) is 3. The fraction of sp³-hybridized carbons (Fsp3) is 0.200. The van der Waals surface area contributed by atoms with Crippen LogP contribution >= 0.6 is 11.6 Å². The van der Waals surface area contributed by atoms with Crippen LogP contribution in [0.25, 0.3) is 0 Å². The number of amides is 1. The molecule has 0 aliphatic heterocycles. The van der Waals surface area contributed by atoms with Crippen molar-refractivity contribution in [3.05, 3.63) is 62.0 Å². The number of nitrogens with one attached hydrogen (secondary N) is 2. The maximum absolute atomic E-state index is 12.2. The zero-order valence-corrected chi connectivity index (χ0v) is 14.6. The van der Waals surface area contributed by atoms with Crippen LogP contribution in [0.2, 0.25) is 5.02 Å². The molecule has 1 amide bonds. The Labute approximate surface area is 143 Å². The molecule has 0 bridgehead atoms. The number of sulfonamides is 1. The molecule has 2 aromatic rings. The van der Waals surface area contributed by atoms with E-state index in [0.29, 0.717) is 21.8 Å². The quantitative estimate of drug-likeness (QED) is 0.749. The summed E-state index contributed by atoms with van der Waals surface area (Å²) in [5.41, 5.74) is 0.987. The van der Waals surface area contributed by atoms with Crippen LogP contribution < -0.4 is 16.0 Å². The van der Waals surface area contributed by atoms with E-state index >= 15 is 0 Å². The van der Waals surface area contributed by atoms with E-state index in [1.165, 1.54) is 24.3 Å². The summed E-state index contributed by atoms with van der Waals surface area (Å²) in [6, 6.07) is 5.74. The van der Waals surface area contributed by atoms with Gasteiger partial charge in [-0.15, -0.1) is 0 Å². The van der Waals surface area contributed by atoms with Crippen molar-refractivity contribution in [3.8, 4) is 0 Å². The molecule has 7 nitrogen and oxygen atoms in total. The number of carbonyl (C=O) groups excluding carboxylic acids is 1. The molecule has 0 aliphatic rings. The minimum atomic E-state index is -3.76. The number of aromatic nitrogens is 1. The van der Waals surface area contributed by atoms with Crippen molar-refractivity contribution in [2.75, 3.05) is 0 Å². The fourth-order valence-electron chi connectivity index (χ4n) is 2.19. The first-order valence-corrected chi connectivity index (χ1v) is 8.82. The minimum Gasteiger partial charge on any atom is -0.348 e. The molecule has 4 N–H and O–H groups in total.